The van der Waals surface area contributed by atoms with Gasteiger partial charge in [-0.05, 0) is 48.5 Å². The van der Waals surface area contributed by atoms with Crippen molar-refractivity contribution in [1.82, 2.24) is 4.98 Å². The maximum atomic E-state index is 13.2. The van der Waals surface area contributed by atoms with Gasteiger partial charge in [0.1, 0.15) is 30.4 Å². The van der Waals surface area contributed by atoms with Crippen LogP contribution in [0.4, 0.5) is 13.2 Å². The van der Waals surface area contributed by atoms with Gasteiger partial charge in [-0.25, -0.2) is 4.98 Å². The summed E-state index contributed by atoms with van der Waals surface area (Å²) in [6.45, 7) is -0.191. The summed E-state index contributed by atoms with van der Waals surface area (Å²) in [5, 5.41) is 0. The molecule has 0 bridgehead atoms. The average molecular weight is 457 g/mol. The number of halogens is 3. The van der Waals surface area contributed by atoms with Crippen molar-refractivity contribution in [2.45, 2.75) is 6.18 Å². The van der Waals surface area contributed by atoms with E-state index in [4.69, 9.17) is 13.9 Å². The molecule has 3 aromatic rings. The Morgan fingerprint density at radius 1 is 0.935 bits per heavy atom. The molecule has 0 amide bonds. The van der Waals surface area contributed by atoms with Gasteiger partial charge in [-0.15, -0.1) is 0 Å². The minimum Gasteiger partial charge on any atom is -0.497 e. The van der Waals surface area contributed by atoms with Crippen molar-refractivity contribution < 1.29 is 39.7 Å². The number of hydrogen-bond acceptors (Lipinski definition) is 7. The smallest absolute Gasteiger partial charge is 0.468 e. The van der Waals surface area contributed by atoms with Crippen molar-refractivity contribution in [3.8, 4) is 34.1 Å². The normalized spacial score (nSPS) is 12.0. The van der Waals surface area contributed by atoms with E-state index in [1.165, 1.54) is 31.4 Å². The first kappa shape index (κ1) is 22.6. The van der Waals surface area contributed by atoms with Crippen LogP contribution >= 0.6 is 0 Å². The van der Waals surface area contributed by atoms with Gasteiger partial charge in [0.05, 0.1) is 13.4 Å². The third kappa shape index (κ3) is 5.98. The molecule has 0 aliphatic heterocycles. The molecule has 0 radical (unpaired) electrons. The number of rotatable bonds is 8. The summed E-state index contributed by atoms with van der Waals surface area (Å²) in [5.41, 5.74) is 0.812. The summed E-state index contributed by atoms with van der Waals surface area (Å²) >= 11 is 0. The molecule has 31 heavy (non-hydrogen) atoms. The number of nitrogens with zero attached hydrogens (tertiary/aromatic N) is 1. The molecule has 0 atom stereocenters. The lowest BCUT2D eigenvalue weighted by atomic mass is 10.1. The summed E-state index contributed by atoms with van der Waals surface area (Å²) < 4.78 is 81.5. The quantitative estimate of drug-likeness (QED) is 0.366. The standard InChI is InChI=1S/C20H18F3NO6S/c1-27-15-7-3-13(4-8-15)17-18(30-19(24-17)20(21,22)23)14-5-9-16(10-6-14)28-11-12-29-31(2,25)26/h3-10H,11-12H2,1-2H3. The first-order chi connectivity index (χ1) is 14.6. The van der Waals surface area contributed by atoms with Crippen molar-refractivity contribution in [2.24, 2.45) is 0 Å². The number of methoxy groups -OCH3 is 1. The highest BCUT2D eigenvalue weighted by Gasteiger charge is 2.39. The molecule has 0 saturated heterocycles. The van der Waals surface area contributed by atoms with Crippen LogP contribution in [0.3, 0.4) is 0 Å². The van der Waals surface area contributed by atoms with Gasteiger partial charge >= 0.3 is 12.1 Å². The molecule has 0 aliphatic rings. The van der Waals surface area contributed by atoms with Crippen LogP contribution in [0.1, 0.15) is 5.89 Å². The van der Waals surface area contributed by atoms with Gasteiger partial charge in [-0.2, -0.15) is 21.6 Å². The van der Waals surface area contributed by atoms with Gasteiger partial charge in [-0.1, -0.05) is 0 Å². The Labute approximate surface area is 176 Å². The lowest BCUT2D eigenvalue weighted by Crippen LogP contribution is -2.11. The van der Waals surface area contributed by atoms with E-state index in [2.05, 4.69) is 9.17 Å². The lowest BCUT2D eigenvalue weighted by molar-refractivity contribution is -0.156. The molecule has 11 heteroatoms. The van der Waals surface area contributed by atoms with E-state index in [0.29, 0.717) is 22.6 Å². The van der Waals surface area contributed by atoms with Crippen LogP contribution in [0, 0.1) is 0 Å². The van der Waals surface area contributed by atoms with Crippen LogP contribution in [0.15, 0.2) is 52.9 Å². The highest BCUT2D eigenvalue weighted by atomic mass is 32.2. The SMILES string of the molecule is COc1ccc(-c2nc(C(F)(F)F)oc2-c2ccc(OCCOS(C)(=O)=O)cc2)cc1. The van der Waals surface area contributed by atoms with Gasteiger partial charge in [-0.3, -0.25) is 4.18 Å². The van der Waals surface area contributed by atoms with Gasteiger partial charge in [0, 0.05) is 11.1 Å². The van der Waals surface area contributed by atoms with E-state index in [0.717, 1.165) is 6.26 Å². The third-order valence-corrected chi connectivity index (χ3v) is 4.59. The second-order valence-corrected chi connectivity index (χ2v) is 7.97. The first-order valence-electron chi connectivity index (χ1n) is 8.87. The Hall–Kier alpha value is -3.05. The van der Waals surface area contributed by atoms with Crippen LogP contribution in [-0.2, 0) is 20.5 Å². The molecule has 0 fully saturated rings. The topological polar surface area (TPSA) is 87.9 Å². The summed E-state index contributed by atoms with van der Waals surface area (Å²) in [6.07, 6.45) is -3.82. The molecular formula is C20H18F3NO6S. The maximum Gasteiger partial charge on any atom is 0.468 e. The number of alkyl halides is 3. The van der Waals surface area contributed by atoms with Crippen LogP contribution < -0.4 is 9.47 Å². The van der Waals surface area contributed by atoms with Crippen LogP contribution in [-0.4, -0.2) is 40.0 Å². The molecule has 0 saturated carbocycles. The summed E-state index contributed by atoms with van der Waals surface area (Å²) in [5.74, 6) is -0.482. The molecule has 2 aromatic carbocycles. The zero-order valence-electron chi connectivity index (χ0n) is 16.5. The Kier molecular flexibility index (Phi) is 6.56. The number of ether oxygens (including phenoxy) is 2. The lowest BCUT2D eigenvalue weighted by Gasteiger charge is -2.07. The predicted octanol–water partition coefficient (Wildman–Crippen LogP) is 4.39. The number of hydrogen-bond donors (Lipinski definition) is 0. The fourth-order valence-electron chi connectivity index (χ4n) is 2.63. The third-order valence-electron chi connectivity index (χ3n) is 4.00. The molecule has 1 heterocycles. The monoisotopic (exact) mass is 457 g/mol. The van der Waals surface area contributed by atoms with Crippen molar-refractivity contribution in [1.29, 1.82) is 0 Å². The predicted molar refractivity (Wildman–Crippen MR) is 105 cm³/mol. The Balaban J connectivity index is 1.86. The van der Waals surface area contributed by atoms with E-state index in [9.17, 15) is 21.6 Å². The summed E-state index contributed by atoms with van der Waals surface area (Å²) in [7, 11) is -2.08. The van der Waals surface area contributed by atoms with Crippen molar-refractivity contribution in [3.05, 3.63) is 54.4 Å². The summed E-state index contributed by atoms with van der Waals surface area (Å²) in [6, 6.07) is 12.4. The van der Waals surface area contributed by atoms with Gasteiger partial charge < -0.3 is 13.9 Å². The van der Waals surface area contributed by atoms with Crippen LogP contribution in [0.5, 0.6) is 11.5 Å². The maximum absolute atomic E-state index is 13.2. The zero-order chi connectivity index (χ0) is 22.6. The van der Waals surface area contributed by atoms with Crippen molar-refractivity contribution in [3.63, 3.8) is 0 Å². The molecule has 0 unspecified atom stereocenters. The first-order valence-corrected chi connectivity index (χ1v) is 10.7. The van der Waals surface area contributed by atoms with E-state index < -0.39 is 22.2 Å². The Morgan fingerprint density at radius 2 is 1.52 bits per heavy atom. The number of oxazole rings is 1. The largest absolute Gasteiger partial charge is 0.497 e. The number of benzene rings is 2. The van der Waals surface area contributed by atoms with Crippen LogP contribution in [0.2, 0.25) is 0 Å². The van der Waals surface area contributed by atoms with Gasteiger partial charge in [0.25, 0.3) is 10.1 Å². The Morgan fingerprint density at radius 3 is 2.06 bits per heavy atom. The highest BCUT2D eigenvalue weighted by molar-refractivity contribution is 7.85. The Bertz CT molecular complexity index is 1120. The number of aromatic nitrogens is 1. The molecule has 0 spiro atoms. The molecule has 166 valence electrons. The van der Waals surface area contributed by atoms with E-state index in [-0.39, 0.29) is 24.7 Å². The summed E-state index contributed by atoms with van der Waals surface area (Å²) in [4.78, 5) is 3.65. The van der Waals surface area contributed by atoms with E-state index in [1.54, 1.807) is 24.3 Å². The van der Waals surface area contributed by atoms with Crippen LogP contribution in [0.25, 0.3) is 22.6 Å². The second-order valence-electron chi connectivity index (χ2n) is 6.32. The molecule has 1 aromatic heterocycles. The van der Waals surface area contributed by atoms with Crippen molar-refractivity contribution >= 4 is 10.1 Å². The highest BCUT2D eigenvalue weighted by Crippen LogP contribution is 2.39. The molecule has 3 rings (SSSR count). The minimum atomic E-state index is -4.75. The van der Waals surface area contributed by atoms with E-state index >= 15 is 0 Å². The molecule has 0 aliphatic carbocycles. The van der Waals surface area contributed by atoms with Gasteiger partial charge in [0.2, 0.25) is 0 Å². The minimum absolute atomic E-state index is 0.0238. The second kappa shape index (κ2) is 8.98. The molecular weight excluding hydrogens is 439 g/mol. The van der Waals surface area contributed by atoms with E-state index in [1.807, 2.05) is 0 Å². The molecule has 7 nitrogen and oxygen atoms in total. The fourth-order valence-corrected chi connectivity index (χ4v) is 3.00. The van der Waals surface area contributed by atoms with Gasteiger partial charge in [0.15, 0.2) is 5.76 Å². The fraction of sp³-hybridized carbons (Fsp3) is 0.250. The van der Waals surface area contributed by atoms with Crippen molar-refractivity contribution in [2.75, 3.05) is 26.6 Å². The average Bonchev–Trinajstić information content (AvgIpc) is 3.17. The molecule has 0 N–H and O–H groups in total. The zero-order valence-corrected chi connectivity index (χ0v) is 17.3.